The molecule has 7 heteroatoms. The van der Waals surface area contributed by atoms with Crippen LogP contribution in [0.2, 0.25) is 0 Å². The Morgan fingerprint density at radius 1 is 1.33 bits per heavy atom. The molecule has 2 N–H and O–H groups in total. The number of hydrogen-bond donors (Lipinski definition) is 2. The number of anilines is 1. The molecule has 0 bridgehead atoms. The van der Waals surface area contributed by atoms with E-state index in [2.05, 4.69) is 10.6 Å². The van der Waals surface area contributed by atoms with E-state index in [0.717, 1.165) is 0 Å². The van der Waals surface area contributed by atoms with Gasteiger partial charge in [-0.25, -0.2) is 4.79 Å². The van der Waals surface area contributed by atoms with E-state index in [0.29, 0.717) is 23.7 Å². The summed E-state index contributed by atoms with van der Waals surface area (Å²) < 4.78 is 10.2. The van der Waals surface area contributed by atoms with Crippen molar-refractivity contribution in [1.82, 2.24) is 5.32 Å². The SMILES string of the molecule is CCOc1ccccc1NC(=O)[C@@H]1CC(=O)NC(C)=C1C(=O)OC. The van der Waals surface area contributed by atoms with Gasteiger partial charge in [0, 0.05) is 12.1 Å². The van der Waals surface area contributed by atoms with Gasteiger partial charge < -0.3 is 20.1 Å². The number of amides is 2. The molecule has 0 aliphatic carbocycles. The molecule has 2 amide bonds. The third kappa shape index (κ3) is 3.73. The highest BCUT2D eigenvalue weighted by atomic mass is 16.5. The van der Waals surface area contributed by atoms with Gasteiger partial charge in [0.15, 0.2) is 0 Å². The predicted octanol–water partition coefficient (Wildman–Crippen LogP) is 1.61. The van der Waals surface area contributed by atoms with Crippen molar-refractivity contribution < 1.29 is 23.9 Å². The minimum atomic E-state index is -0.916. The number of carbonyl (C=O) groups excluding carboxylic acids is 3. The first-order chi connectivity index (χ1) is 11.5. The number of hydrogen-bond acceptors (Lipinski definition) is 5. The molecule has 0 fully saturated rings. The zero-order valence-corrected chi connectivity index (χ0v) is 13.8. The van der Waals surface area contributed by atoms with Crippen molar-refractivity contribution in [2.45, 2.75) is 20.3 Å². The Bertz CT molecular complexity index is 696. The fourth-order valence-corrected chi connectivity index (χ4v) is 2.58. The number of rotatable bonds is 5. The summed E-state index contributed by atoms with van der Waals surface area (Å²) in [5, 5.41) is 5.29. The maximum Gasteiger partial charge on any atom is 0.336 e. The van der Waals surface area contributed by atoms with Crippen molar-refractivity contribution >= 4 is 23.5 Å². The molecule has 1 aromatic rings. The first-order valence-electron chi connectivity index (χ1n) is 7.59. The highest BCUT2D eigenvalue weighted by Crippen LogP contribution is 2.28. The predicted molar refractivity (Wildman–Crippen MR) is 87.2 cm³/mol. The molecule has 7 nitrogen and oxygen atoms in total. The molecule has 0 saturated carbocycles. The summed E-state index contributed by atoms with van der Waals surface area (Å²) in [6, 6.07) is 6.97. The van der Waals surface area contributed by atoms with E-state index < -0.39 is 17.8 Å². The van der Waals surface area contributed by atoms with Gasteiger partial charge in [-0.05, 0) is 26.0 Å². The number of methoxy groups -OCH3 is 1. The van der Waals surface area contributed by atoms with Gasteiger partial charge in [0.1, 0.15) is 5.75 Å². The van der Waals surface area contributed by atoms with Crippen LogP contribution < -0.4 is 15.4 Å². The largest absolute Gasteiger partial charge is 0.492 e. The molecule has 1 aliphatic rings. The molecule has 0 spiro atoms. The fraction of sp³-hybridized carbons (Fsp3) is 0.353. The van der Waals surface area contributed by atoms with Gasteiger partial charge in [-0.2, -0.15) is 0 Å². The molecule has 0 radical (unpaired) electrons. The monoisotopic (exact) mass is 332 g/mol. The van der Waals surface area contributed by atoms with Crippen molar-refractivity contribution in [2.24, 2.45) is 5.92 Å². The first kappa shape index (κ1) is 17.5. The van der Waals surface area contributed by atoms with Crippen LogP contribution in [0.4, 0.5) is 5.69 Å². The topological polar surface area (TPSA) is 93.7 Å². The van der Waals surface area contributed by atoms with Crippen molar-refractivity contribution in [3.63, 3.8) is 0 Å². The van der Waals surface area contributed by atoms with Crippen LogP contribution in [0.5, 0.6) is 5.75 Å². The maximum absolute atomic E-state index is 12.7. The molecule has 1 atom stereocenters. The van der Waals surface area contributed by atoms with Crippen LogP contribution in [-0.4, -0.2) is 31.5 Å². The van der Waals surface area contributed by atoms with Crippen LogP contribution >= 0.6 is 0 Å². The van der Waals surface area contributed by atoms with Crippen molar-refractivity contribution in [2.75, 3.05) is 19.0 Å². The number of benzene rings is 1. The Balaban J connectivity index is 2.29. The van der Waals surface area contributed by atoms with Gasteiger partial charge in [-0.1, -0.05) is 12.1 Å². The fourth-order valence-electron chi connectivity index (χ4n) is 2.58. The second-order valence-electron chi connectivity index (χ2n) is 5.25. The molecule has 24 heavy (non-hydrogen) atoms. The Labute approximate surface area is 140 Å². The van der Waals surface area contributed by atoms with Gasteiger partial charge >= 0.3 is 5.97 Å². The van der Waals surface area contributed by atoms with E-state index in [1.807, 2.05) is 6.92 Å². The minimum absolute atomic E-state index is 0.121. The van der Waals surface area contributed by atoms with Crippen LogP contribution in [0.1, 0.15) is 20.3 Å². The molecule has 0 aromatic heterocycles. The summed E-state index contributed by atoms with van der Waals surface area (Å²) in [6.07, 6.45) is -0.121. The standard InChI is InChI=1S/C17H20N2O5/c1-4-24-13-8-6-5-7-12(13)19-16(21)11-9-14(20)18-10(2)15(11)17(22)23-3/h5-8,11H,4,9H2,1-3H3,(H,18,20)(H,19,21)/t11-/m1/s1. The van der Waals surface area contributed by atoms with Gasteiger partial charge in [0.2, 0.25) is 11.8 Å². The molecule has 2 rings (SSSR count). The maximum atomic E-state index is 12.7. The van der Waals surface area contributed by atoms with Gasteiger partial charge in [0.05, 0.1) is 30.9 Å². The Morgan fingerprint density at radius 2 is 2.04 bits per heavy atom. The molecule has 1 heterocycles. The quantitative estimate of drug-likeness (QED) is 0.799. The lowest BCUT2D eigenvalue weighted by Crippen LogP contribution is -2.40. The lowest BCUT2D eigenvalue weighted by atomic mass is 9.89. The van der Waals surface area contributed by atoms with Gasteiger partial charge in [0.25, 0.3) is 0 Å². The van der Waals surface area contributed by atoms with Crippen LogP contribution in [0.3, 0.4) is 0 Å². The number of para-hydroxylation sites is 2. The van der Waals surface area contributed by atoms with E-state index in [-0.39, 0.29) is 17.9 Å². The smallest absolute Gasteiger partial charge is 0.336 e. The highest BCUT2D eigenvalue weighted by Gasteiger charge is 2.36. The lowest BCUT2D eigenvalue weighted by Gasteiger charge is -2.25. The summed E-state index contributed by atoms with van der Waals surface area (Å²) in [5.74, 6) is -1.81. The third-order valence-corrected chi connectivity index (χ3v) is 3.64. The average molecular weight is 332 g/mol. The van der Waals surface area contributed by atoms with Gasteiger partial charge in [-0.3, -0.25) is 9.59 Å². The highest BCUT2D eigenvalue weighted by molar-refractivity contribution is 6.06. The minimum Gasteiger partial charge on any atom is -0.492 e. The molecule has 1 aliphatic heterocycles. The molecule has 128 valence electrons. The number of ether oxygens (including phenoxy) is 2. The number of allylic oxidation sites excluding steroid dienone is 1. The van der Waals surface area contributed by atoms with Crippen LogP contribution in [0, 0.1) is 5.92 Å². The van der Waals surface area contributed by atoms with E-state index in [1.165, 1.54) is 7.11 Å². The van der Waals surface area contributed by atoms with Crippen LogP contribution in [0.15, 0.2) is 35.5 Å². The van der Waals surface area contributed by atoms with E-state index in [9.17, 15) is 14.4 Å². The summed E-state index contributed by atoms with van der Waals surface area (Å²) in [7, 11) is 1.23. The second-order valence-corrected chi connectivity index (χ2v) is 5.25. The van der Waals surface area contributed by atoms with Crippen molar-refractivity contribution in [3.8, 4) is 5.75 Å². The third-order valence-electron chi connectivity index (χ3n) is 3.64. The molecule has 1 aromatic carbocycles. The average Bonchev–Trinajstić information content (AvgIpc) is 2.55. The summed E-state index contributed by atoms with van der Waals surface area (Å²) in [4.78, 5) is 36.4. The summed E-state index contributed by atoms with van der Waals surface area (Å²) in [5.41, 5.74) is 0.969. The van der Waals surface area contributed by atoms with Crippen molar-refractivity contribution in [1.29, 1.82) is 0 Å². The number of carbonyl (C=O) groups is 3. The zero-order chi connectivity index (χ0) is 17.7. The number of nitrogens with one attached hydrogen (secondary N) is 2. The Kier molecular flexibility index (Phi) is 5.57. The van der Waals surface area contributed by atoms with Crippen LogP contribution in [0.25, 0.3) is 0 Å². The first-order valence-corrected chi connectivity index (χ1v) is 7.59. The van der Waals surface area contributed by atoms with Crippen LogP contribution in [-0.2, 0) is 19.1 Å². The Hall–Kier alpha value is -2.83. The van der Waals surface area contributed by atoms with E-state index >= 15 is 0 Å². The molecular formula is C17H20N2O5. The van der Waals surface area contributed by atoms with Gasteiger partial charge in [-0.15, -0.1) is 0 Å². The Morgan fingerprint density at radius 3 is 2.71 bits per heavy atom. The summed E-state index contributed by atoms with van der Waals surface area (Å²) >= 11 is 0. The zero-order valence-electron chi connectivity index (χ0n) is 13.8. The molecular weight excluding hydrogens is 312 g/mol. The molecule has 0 saturated heterocycles. The molecule has 0 unspecified atom stereocenters. The van der Waals surface area contributed by atoms with E-state index in [4.69, 9.17) is 9.47 Å². The lowest BCUT2D eigenvalue weighted by molar-refractivity contribution is -0.139. The normalized spacial score (nSPS) is 17.1. The second kappa shape index (κ2) is 7.63. The number of esters is 1. The summed E-state index contributed by atoms with van der Waals surface area (Å²) in [6.45, 7) is 3.86. The van der Waals surface area contributed by atoms with Crippen molar-refractivity contribution in [3.05, 3.63) is 35.5 Å². The van der Waals surface area contributed by atoms with E-state index in [1.54, 1.807) is 31.2 Å².